The molecule has 7 nitrogen and oxygen atoms in total. The van der Waals surface area contributed by atoms with E-state index in [1.54, 1.807) is 55.6 Å². The standard InChI is InChI=1S/C26H24N2O5/c1-3-32-22-11-7-5-9-20(22)27-26(30)25-24(19-8-4-6-10-21(19)33-25)28-23(29)16-17-12-14-18(31-2)15-13-17/h4-15H,3,16H2,1-2H3,(H,27,30)(H,28,29). The van der Waals surface area contributed by atoms with E-state index < -0.39 is 5.91 Å². The molecule has 0 aliphatic carbocycles. The fourth-order valence-corrected chi connectivity index (χ4v) is 3.47. The second-order valence-corrected chi connectivity index (χ2v) is 7.26. The van der Waals surface area contributed by atoms with Crippen LogP contribution in [0.5, 0.6) is 11.5 Å². The Morgan fingerprint density at radius 1 is 0.909 bits per heavy atom. The van der Waals surface area contributed by atoms with E-state index in [0.717, 1.165) is 5.56 Å². The molecular formula is C26H24N2O5. The third-order valence-electron chi connectivity index (χ3n) is 5.02. The number of methoxy groups -OCH3 is 1. The van der Waals surface area contributed by atoms with Crippen LogP contribution in [0.3, 0.4) is 0 Å². The van der Waals surface area contributed by atoms with Gasteiger partial charge in [0.05, 0.1) is 25.8 Å². The lowest BCUT2D eigenvalue weighted by Crippen LogP contribution is -2.18. The van der Waals surface area contributed by atoms with Crippen molar-refractivity contribution < 1.29 is 23.5 Å². The molecule has 33 heavy (non-hydrogen) atoms. The fourth-order valence-electron chi connectivity index (χ4n) is 3.47. The predicted molar refractivity (Wildman–Crippen MR) is 127 cm³/mol. The summed E-state index contributed by atoms with van der Waals surface area (Å²) in [6, 6.07) is 21.6. The number of fused-ring (bicyclic) bond motifs is 1. The zero-order valence-corrected chi connectivity index (χ0v) is 18.4. The van der Waals surface area contributed by atoms with Crippen LogP contribution in [0.15, 0.2) is 77.2 Å². The number of amides is 2. The van der Waals surface area contributed by atoms with Crippen LogP contribution >= 0.6 is 0 Å². The maximum Gasteiger partial charge on any atom is 0.293 e. The number of furan rings is 1. The van der Waals surface area contributed by atoms with E-state index in [4.69, 9.17) is 13.9 Å². The Kier molecular flexibility index (Phi) is 6.59. The maximum atomic E-state index is 13.1. The summed E-state index contributed by atoms with van der Waals surface area (Å²) in [5.74, 6) is 0.528. The normalized spacial score (nSPS) is 10.6. The lowest BCUT2D eigenvalue weighted by Gasteiger charge is -2.11. The zero-order chi connectivity index (χ0) is 23.2. The van der Waals surface area contributed by atoms with Crippen molar-refractivity contribution in [2.75, 3.05) is 24.4 Å². The smallest absolute Gasteiger partial charge is 0.293 e. The van der Waals surface area contributed by atoms with Gasteiger partial charge < -0.3 is 24.5 Å². The lowest BCUT2D eigenvalue weighted by atomic mass is 10.1. The van der Waals surface area contributed by atoms with E-state index in [-0.39, 0.29) is 18.1 Å². The largest absolute Gasteiger partial charge is 0.497 e. The van der Waals surface area contributed by atoms with Crippen LogP contribution in [0, 0.1) is 0 Å². The zero-order valence-electron chi connectivity index (χ0n) is 18.4. The molecule has 4 rings (SSSR count). The molecule has 1 heterocycles. The van der Waals surface area contributed by atoms with Gasteiger partial charge in [-0.1, -0.05) is 36.4 Å². The van der Waals surface area contributed by atoms with E-state index in [1.807, 2.05) is 31.2 Å². The second kappa shape index (κ2) is 9.91. The van der Waals surface area contributed by atoms with Crippen molar-refractivity contribution in [2.45, 2.75) is 13.3 Å². The summed E-state index contributed by atoms with van der Waals surface area (Å²) in [5, 5.41) is 6.33. The number of hydrogen-bond donors (Lipinski definition) is 2. The number of para-hydroxylation sites is 3. The molecule has 0 saturated carbocycles. The first-order valence-electron chi connectivity index (χ1n) is 10.6. The van der Waals surface area contributed by atoms with Crippen molar-refractivity contribution in [2.24, 2.45) is 0 Å². The predicted octanol–water partition coefficient (Wildman–Crippen LogP) is 5.27. The van der Waals surface area contributed by atoms with Gasteiger partial charge in [0, 0.05) is 5.39 Å². The summed E-state index contributed by atoms with van der Waals surface area (Å²) in [7, 11) is 1.59. The molecule has 0 aliphatic rings. The second-order valence-electron chi connectivity index (χ2n) is 7.26. The van der Waals surface area contributed by atoms with Crippen LogP contribution in [0.1, 0.15) is 23.0 Å². The minimum atomic E-state index is -0.488. The van der Waals surface area contributed by atoms with Gasteiger partial charge in [-0.05, 0) is 48.9 Å². The van der Waals surface area contributed by atoms with Crippen LogP contribution in [-0.4, -0.2) is 25.5 Å². The monoisotopic (exact) mass is 444 g/mol. The summed E-state index contributed by atoms with van der Waals surface area (Å²) in [4.78, 5) is 26.0. The minimum Gasteiger partial charge on any atom is -0.497 e. The summed E-state index contributed by atoms with van der Waals surface area (Å²) in [5.41, 5.74) is 2.16. The van der Waals surface area contributed by atoms with Gasteiger partial charge in [-0.2, -0.15) is 0 Å². The third-order valence-corrected chi connectivity index (χ3v) is 5.02. The Morgan fingerprint density at radius 3 is 2.39 bits per heavy atom. The van der Waals surface area contributed by atoms with Gasteiger partial charge in [-0.15, -0.1) is 0 Å². The van der Waals surface area contributed by atoms with Crippen LogP contribution in [-0.2, 0) is 11.2 Å². The lowest BCUT2D eigenvalue weighted by molar-refractivity contribution is -0.115. The van der Waals surface area contributed by atoms with Gasteiger partial charge in [0.15, 0.2) is 0 Å². The highest BCUT2D eigenvalue weighted by molar-refractivity contribution is 6.15. The number of nitrogens with one attached hydrogen (secondary N) is 2. The SMILES string of the molecule is CCOc1ccccc1NC(=O)c1oc2ccccc2c1NC(=O)Cc1ccc(OC)cc1. The molecule has 2 N–H and O–H groups in total. The van der Waals surface area contributed by atoms with Gasteiger partial charge in [-0.3, -0.25) is 9.59 Å². The van der Waals surface area contributed by atoms with Crippen molar-refractivity contribution in [3.05, 3.63) is 84.1 Å². The summed E-state index contributed by atoms with van der Waals surface area (Å²) < 4.78 is 16.6. The van der Waals surface area contributed by atoms with Crippen molar-refractivity contribution in [1.29, 1.82) is 0 Å². The van der Waals surface area contributed by atoms with Gasteiger partial charge in [-0.25, -0.2) is 0 Å². The number of benzene rings is 3. The first kappa shape index (κ1) is 22.0. The Hall–Kier alpha value is -4.26. The van der Waals surface area contributed by atoms with Crippen LogP contribution in [0.4, 0.5) is 11.4 Å². The summed E-state index contributed by atoms with van der Waals surface area (Å²) in [6.45, 7) is 2.33. The van der Waals surface area contributed by atoms with Crippen molar-refractivity contribution >= 4 is 34.2 Å². The first-order chi connectivity index (χ1) is 16.1. The van der Waals surface area contributed by atoms with Gasteiger partial charge >= 0.3 is 0 Å². The number of ether oxygens (including phenoxy) is 2. The Bertz CT molecular complexity index is 1280. The molecule has 1 aromatic heterocycles. The molecular weight excluding hydrogens is 420 g/mol. The van der Waals surface area contributed by atoms with Crippen LogP contribution in [0.25, 0.3) is 11.0 Å². The molecule has 0 aliphatic heterocycles. The molecule has 4 aromatic rings. The van der Waals surface area contributed by atoms with Crippen molar-refractivity contribution in [1.82, 2.24) is 0 Å². The van der Waals surface area contributed by atoms with Gasteiger partial charge in [0.1, 0.15) is 22.8 Å². The third kappa shape index (κ3) is 4.98. The van der Waals surface area contributed by atoms with Crippen molar-refractivity contribution in [3.8, 4) is 11.5 Å². The average Bonchev–Trinajstić information content (AvgIpc) is 3.19. The molecule has 7 heteroatoms. The molecule has 0 spiro atoms. The van der Waals surface area contributed by atoms with Gasteiger partial charge in [0.2, 0.25) is 11.7 Å². The molecule has 0 bridgehead atoms. The molecule has 0 radical (unpaired) electrons. The number of rotatable bonds is 8. The van der Waals surface area contributed by atoms with Crippen LogP contribution < -0.4 is 20.1 Å². The topological polar surface area (TPSA) is 89.8 Å². The van der Waals surface area contributed by atoms with Crippen molar-refractivity contribution in [3.63, 3.8) is 0 Å². The molecule has 3 aromatic carbocycles. The number of hydrogen-bond acceptors (Lipinski definition) is 5. The average molecular weight is 444 g/mol. The Labute approximate surface area is 191 Å². The Balaban J connectivity index is 1.60. The highest BCUT2D eigenvalue weighted by atomic mass is 16.5. The number of carbonyl (C=O) groups is 2. The van der Waals surface area contributed by atoms with Crippen LogP contribution in [0.2, 0.25) is 0 Å². The molecule has 2 amide bonds. The molecule has 0 fully saturated rings. The maximum absolute atomic E-state index is 13.1. The van der Waals surface area contributed by atoms with E-state index in [0.29, 0.717) is 40.4 Å². The number of anilines is 2. The summed E-state index contributed by atoms with van der Waals surface area (Å²) >= 11 is 0. The quantitative estimate of drug-likeness (QED) is 0.386. The van der Waals surface area contributed by atoms with Gasteiger partial charge in [0.25, 0.3) is 5.91 Å². The minimum absolute atomic E-state index is 0.0191. The van der Waals surface area contributed by atoms with E-state index in [9.17, 15) is 9.59 Å². The fraction of sp³-hybridized carbons (Fsp3) is 0.154. The first-order valence-corrected chi connectivity index (χ1v) is 10.6. The highest BCUT2D eigenvalue weighted by Gasteiger charge is 2.23. The molecule has 0 unspecified atom stereocenters. The van der Waals surface area contributed by atoms with E-state index >= 15 is 0 Å². The highest BCUT2D eigenvalue weighted by Crippen LogP contribution is 2.33. The number of carbonyl (C=O) groups excluding carboxylic acids is 2. The van der Waals surface area contributed by atoms with E-state index in [2.05, 4.69) is 10.6 Å². The molecule has 168 valence electrons. The molecule has 0 atom stereocenters. The summed E-state index contributed by atoms with van der Waals surface area (Å²) in [6.07, 6.45) is 0.137. The molecule has 0 saturated heterocycles. The Morgan fingerprint density at radius 2 is 1.64 bits per heavy atom. The van der Waals surface area contributed by atoms with E-state index in [1.165, 1.54) is 0 Å².